The number of aromatic nitrogens is 1. The average Bonchev–Trinajstić information content (AvgIpc) is 2.62. The van der Waals surface area contributed by atoms with Gasteiger partial charge in [0, 0.05) is 11.0 Å². The summed E-state index contributed by atoms with van der Waals surface area (Å²) in [4.78, 5) is 0. The van der Waals surface area contributed by atoms with Crippen molar-refractivity contribution in [1.82, 2.24) is 5.16 Å². The first-order chi connectivity index (χ1) is 7.54. The molecule has 0 amide bonds. The van der Waals surface area contributed by atoms with Crippen molar-refractivity contribution >= 4 is 5.88 Å². The summed E-state index contributed by atoms with van der Waals surface area (Å²) >= 11 is 0. The largest absolute Gasteiger partial charge is 0.367 e. The lowest BCUT2D eigenvalue weighted by Crippen LogP contribution is -2.27. The molecule has 0 aromatic carbocycles. The molecule has 1 saturated carbocycles. The third-order valence-electron chi connectivity index (χ3n) is 3.86. The third-order valence-corrected chi connectivity index (χ3v) is 3.86. The maximum Gasteiger partial charge on any atom is 0.225 e. The van der Waals surface area contributed by atoms with Crippen molar-refractivity contribution in [2.45, 2.75) is 64.2 Å². The van der Waals surface area contributed by atoms with Gasteiger partial charge < -0.3 is 10.3 Å². The second kappa shape index (κ2) is 4.11. The van der Waals surface area contributed by atoms with Crippen LogP contribution in [0, 0.1) is 0 Å². The minimum Gasteiger partial charge on any atom is -0.367 e. The third kappa shape index (κ3) is 1.83. The van der Waals surface area contributed by atoms with E-state index in [1.165, 1.54) is 32.1 Å². The Morgan fingerprint density at radius 3 is 2.44 bits per heavy atom. The molecule has 2 rings (SSSR count). The zero-order valence-electron chi connectivity index (χ0n) is 10.5. The molecule has 0 atom stereocenters. The Hall–Kier alpha value is -0.990. The lowest BCUT2D eigenvalue weighted by atomic mass is 9.71. The fourth-order valence-electron chi connectivity index (χ4n) is 2.87. The van der Waals surface area contributed by atoms with Crippen LogP contribution in [0.2, 0.25) is 0 Å². The molecule has 0 unspecified atom stereocenters. The maximum absolute atomic E-state index is 5.88. The van der Waals surface area contributed by atoms with E-state index in [0.717, 1.165) is 11.3 Å². The number of nitrogen functional groups attached to an aromatic ring is 1. The van der Waals surface area contributed by atoms with Crippen LogP contribution in [0.3, 0.4) is 0 Å². The van der Waals surface area contributed by atoms with Crippen LogP contribution in [0.5, 0.6) is 0 Å². The van der Waals surface area contributed by atoms with Crippen molar-refractivity contribution < 1.29 is 4.52 Å². The Morgan fingerprint density at radius 2 is 1.88 bits per heavy atom. The van der Waals surface area contributed by atoms with Gasteiger partial charge in [-0.25, -0.2) is 0 Å². The van der Waals surface area contributed by atoms with Crippen LogP contribution in [0.25, 0.3) is 0 Å². The van der Waals surface area contributed by atoms with E-state index >= 15 is 0 Å². The molecule has 3 heteroatoms. The normalized spacial score (nSPS) is 20.2. The summed E-state index contributed by atoms with van der Waals surface area (Å²) in [5.74, 6) is 0.900. The summed E-state index contributed by atoms with van der Waals surface area (Å²) in [6.45, 7) is 6.60. The molecule has 1 fully saturated rings. The maximum atomic E-state index is 5.88. The second-order valence-electron chi connectivity index (χ2n) is 5.59. The van der Waals surface area contributed by atoms with Gasteiger partial charge in [0.25, 0.3) is 0 Å². The molecule has 0 radical (unpaired) electrons. The molecule has 1 aliphatic carbocycles. The zero-order chi connectivity index (χ0) is 11.8. The van der Waals surface area contributed by atoms with Crippen LogP contribution in [0.1, 0.15) is 70.1 Å². The number of anilines is 1. The molecule has 2 N–H and O–H groups in total. The standard InChI is InChI=1S/C13H22N2O/c1-9(2)10-11(15-16-12(10)14)13(3)7-5-4-6-8-13/h9H,4-8,14H2,1-3H3. The predicted octanol–water partition coefficient (Wildman–Crippen LogP) is 3.60. The molecule has 90 valence electrons. The van der Waals surface area contributed by atoms with Gasteiger partial charge in [0.2, 0.25) is 5.88 Å². The van der Waals surface area contributed by atoms with E-state index in [4.69, 9.17) is 10.3 Å². The summed E-state index contributed by atoms with van der Waals surface area (Å²) in [6.07, 6.45) is 6.35. The summed E-state index contributed by atoms with van der Waals surface area (Å²) in [5.41, 5.74) is 8.30. The van der Waals surface area contributed by atoms with Gasteiger partial charge in [-0.3, -0.25) is 0 Å². The highest BCUT2D eigenvalue weighted by molar-refractivity contribution is 5.44. The molecule has 0 aliphatic heterocycles. The molecular formula is C13H22N2O. The van der Waals surface area contributed by atoms with E-state index in [1.807, 2.05) is 0 Å². The van der Waals surface area contributed by atoms with Crippen LogP contribution >= 0.6 is 0 Å². The molecule has 1 aliphatic rings. The van der Waals surface area contributed by atoms with Gasteiger partial charge in [-0.15, -0.1) is 0 Å². The Kier molecular flexibility index (Phi) is 2.96. The van der Waals surface area contributed by atoms with Gasteiger partial charge in [0.1, 0.15) is 0 Å². The summed E-state index contributed by atoms with van der Waals surface area (Å²) in [5, 5.41) is 4.23. The highest BCUT2D eigenvalue weighted by atomic mass is 16.5. The monoisotopic (exact) mass is 222 g/mol. The summed E-state index contributed by atoms with van der Waals surface area (Å²) in [7, 11) is 0. The molecule has 0 spiro atoms. The Labute approximate surface area is 97.4 Å². The number of rotatable bonds is 2. The fourth-order valence-corrected chi connectivity index (χ4v) is 2.87. The van der Waals surface area contributed by atoms with Crippen LogP contribution in [0.4, 0.5) is 5.88 Å². The number of nitrogens with zero attached hydrogens (tertiary/aromatic N) is 1. The number of nitrogens with two attached hydrogens (primary N) is 1. The van der Waals surface area contributed by atoms with Crippen molar-refractivity contribution in [2.24, 2.45) is 0 Å². The Balaban J connectivity index is 2.38. The molecule has 1 aromatic heterocycles. The van der Waals surface area contributed by atoms with Gasteiger partial charge in [0.05, 0.1) is 5.69 Å². The fraction of sp³-hybridized carbons (Fsp3) is 0.769. The van der Waals surface area contributed by atoms with Gasteiger partial charge >= 0.3 is 0 Å². The van der Waals surface area contributed by atoms with Crippen molar-refractivity contribution in [2.75, 3.05) is 5.73 Å². The number of hydrogen-bond donors (Lipinski definition) is 1. The number of hydrogen-bond acceptors (Lipinski definition) is 3. The van der Waals surface area contributed by atoms with Crippen molar-refractivity contribution in [3.8, 4) is 0 Å². The van der Waals surface area contributed by atoms with E-state index in [0.29, 0.717) is 11.8 Å². The van der Waals surface area contributed by atoms with Crippen molar-refractivity contribution in [3.63, 3.8) is 0 Å². The average molecular weight is 222 g/mol. The quantitative estimate of drug-likeness (QED) is 0.831. The van der Waals surface area contributed by atoms with E-state index in [1.54, 1.807) is 0 Å². The lowest BCUT2D eigenvalue weighted by molar-refractivity contribution is 0.293. The van der Waals surface area contributed by atoms with E-state index in [-0.39, 0.29) is 5.41 Å². The van der Waals surface area contributed by atoms with Crippen LogP contribution < -0.4 is 5.73 Å². The molecule has 0 bridgehead atoms. The molecule has 3 nitrogen and oxygen atoms in total. The summed E-state index contributed by atoms with van der Waals surface area (Å²) < 4.78 is 5.20. The van der Waals surface area contributed by atoms with Crippen LogP contribution in [0.15, 0.2) is 4.52 Å². The van der Waals surface area contributed by atoms with E-state index < -0.39 is 0 Å². The first-order valence-electron chi connectivity index (χ1n) is 6.30. The summed E-state index contributed by atoms with van der Waals surface area (Å²) in [6, 6.07) is 0. The van der Waals surface area contributed by atoms with Gasteiger partial charge in [-0.05, 0) is 18.8 Å². The smallest absolute Gasteiger partial charge is 0.225 e. The van der Waals surface area contributed by atoms with Gasteiger partial charge in [0.15, 0.2) is 0 Å². The predicted molar refractivity (Wildman–Crippen MR) is 65.4 cm³/mol. The van der Waals surface area contributed by atoms with Gasteiger partial charge in [-0.2, -0.15) is 0 Å². The van der Waals surface area contributed by atoms with Crippen LogP contribution in [-0.4, -0.2) is 5.16 Å². The highest BCUT2D eigenvalue weighted by Crippen LogP contribution is 2.42. The van der Waals surface area contributed by atoms with Crippen molar-refractivity contribution in [3.05, 3.63) is 11.3 Å². The minimum absolute atomic E-state index is 0.180. The molecule has 16 heavy (non-hydrogen) atoms. The molecule has 1 heterocycles. The Morgan fingerprint density at radius 1 is 1.25 bits per heavy atom. The molecule has 1 aromatic rings. The topological polar surface area (TPSA) is 52.0 Å². The van der Waals surface area contributed by atoms with Gasteiger partial charge in [-0.1, -0.05) is 45.2 Å². The second-order valence-corrected chi connectivity index (χ2v) is 5.59. The zero-order valence-corrected chi connectivity index (χ0v) is 10.5. The first-order valence-corrected chi connectivity index (χ1v) is 6.30. The van der Waals surface area contributed by atoms with Crippen LogP contribution in [-0.2, 0) is 5.41 Å². The molecule has 0 saturated heterocycles. The minimum atomic E-state index is 0.180. The highest BCUT2D eigenvalue weighted by Gasteiger charge is 2.35. The first kappa shape index (κ1) is 11.5. The van der Waals surface area contributed by atoms with E-state index in [2.05, 4.69) is 25.9 Å². The Bertz CT molecular complexity index is 362. The van der Waals surface area contributed by atoms with Crippen molar-refractivity contribution in [1.29, 1.82) is 0 Å². The SMILES string of the molecule is CC(C)c1c(C2(C)CCCCC2)noc1N. The van der Waals surface area contributed by atoms with E-state index in [9.17, 15) is 0 Å². The lowest BCUT2D eigenvalue weighted by Gasteiger charge is -2.32. The molecular weight excluding hydrogens is 200 g/mol.